The number of ether oxygens (including phenoxy) is 3. The Morgan fingerprint density at radius 2 is 1.69 bits per heavy atom. The first-order chi connectivity index (χ1) is 17.0. The molecule has 2 amide bonds. The molecule has 1 unspecified atom stereocenters. The molecule has 180 valence electrons. The molecule has 5 rings (SSSR count). The van der Waals surface area contributed by atoms with E-state index in [2.05, 4.69) is 5.32 Å². The Labute approximate surface area is 204 Å². The predicted octanol–water partition coefficient (Wildman–Crippen LogP) is 5.12. The van der Waals surface area contributed by atoms with Crippen molar-refractivity contribution in [3.63, 3.8) is 0 Å². The smallest absolute Gasteiger partial charge is 0.266 e. The lowest BCUT2D eigenvalue weighted by Gasteiger charge is -2.18. The Hall–Kier alpha value is -3.84. The summed E-state index contributed by atoms with van der Waals surface area (Å²) in [7, 11) is 1.54. The van der Waals surface area contributed by atoms with Gasteiger partial charge < -0.3 is 19.5 Å². The molecule has 2 aliphatic rings. The molecule has 0 saturated carbocycles. The van der Waals surface area contributed by atoms with Gasteiger partial charge in [0.1, 0.15) is 11.5 Å². The molecular formula is C28H28N2O5. The van der Waals surface area contributed by atoms with Crippen molar-refractivity contribution in [2.24, 2.45) is 0 Å². The fraction of sp³-hybridized carbons (Fsp3) is 0.286. The standard InChI is InChI=1S/C28H28N2O5/c1-18-5-8-21(9-6-18)35-22-10-11-23-24(17-22)28(32)30(27(23)31)20-7-12-25(26(16-20)33-2)34-15-13-19-4-3-14-29-19/h5-12,16-17,19,29H,3-4,13-15H2,1-2H3. The van der Waals surface area contributed by atoms with Crippen molar-refractivity contribution in [1.82, 2.24) is 5.32 Å². The topological polar surface area (TPSA) is 77.1 Å². The zero-order valence-electron chi connectivity index (χ0n) is 19.9. The van der Waals surface area contributed by atoms with Crippen molar-refractivity contribution in [3.8, 4) is 23.0 Å². The molecule has 35 heavy (non-hydrogen) atoms. The largest absolute Gasteiger partial charge is 0.493 e. The van der Waals surface area contributed by atoms with Gasteiger partial charge in [-0.3, -0.25) is 9.59 Å². The Morgan fingerprint density at radius 1 is 0.914 bits per heavy atom. The summed E-state index contributed by atoms with van der Waals surface area (Å²) in [5, 5.41) is 3.45. The predicted molar refractivity (Wildman–Crippen MR) is 133 cm³/mol. The molecule has 0 spiro atoms. The summed E-state index contributed by atoms with van der Waals surface area (Å²) in [6.07, 6.45) is 3.27. The van der Waals surface area contributed by atoms with Gasteiger partial charge in [-0.1, -0.05) is 17.7 Å². The number of nitrogens with zero attached hydrogens (tertiary/aromatic N) is 1. The zero-order valence-corrected chi connectivity index (χ0v) is 19.9. The van der Waals surface area contributed by atoms with Gasteiger partial charge in [-0.25, -0.2) is 4.90 Å². The third kappa shape index (κ3) is 4.72. The normalized spacial score (nSPS) is 17.0. The monoisotopic (exact) mass is 472 g/mol. The maximum Gasteiger partial charge on any atom is 0.266 e. The van der Waals surface area contributed by atoms with E-state index in [4.69, 9.17) is 14.2 Å². The van der Waals surface area contributed by atoms with Crippen molar-refractivity contribution >= 4 is 17.5 Å². The molecule has 1 saturated heterocycles. The number of carbonyl (C=O) groups excluding carboxylic acids is 2. The highest BCUT2D eigenvalue weighted by molar-refractivity contribution is 6.34. The molecule has 1 fully saturated rings. The van der Waals surface area contributed by atoms with Crippen molar-refractivity contribution < 1.29 is 23.8 Å². The van der Waals surface area contributed by atoms with E-state index in [0.717, 1.165) is 29.8 Å². The molecule has 1 atom stereocenters. The molecule has 2 heterocycles. The summed E-state index contributed by atoms with van der Waals surface area (Å²) in [4.78, 5) is 27.5. The van der Waals surface area contributed by atoms with E-state index in [1.807, 2.05) is 31.2 Å². The van der Waals surface area contributed by atoms with Gasteiger partial charge in [-0.05, 0) is 75.2 Å². The second-order valence-electron chi connectivity index (χ2n) is 8.83. The molecule has 0 bridgehead atoms. The highest BCUT2D eigenvalue weighted by atomic mass is 16.5. The molecule has 0 radical (unpaired) electrons. The minimum absolute atomic E-state index is 0.308. The average Bonchev–Trinajstić information content (AvgIpc) is 3.47. The first-order valence-electron chi connectivity index (χ1n) is 11.8. The number of anilines is 1. The van der Waals surface area contributed by atoms with Crippen LogP contribution in [0.5, 0.6) is 23.0 Å². The third-order valence-electron chi connectivity index (χ3n) is 6.41. The van der Waals surface area contributed by atoms with E-state index in [1.165, 1.54) is 6.42 Å². The minimum atomic E-state index is -0.401. The van der Waals surface area contributed by atoms with E-state index in [-0.39, 0.29) is 5.91 Å². The van der Waals surface area contributed by atoms with Gasteiger partial charge in [0.25, 0.3) is 11.8 Å². The molecular weight excluding hydrogens is 444 g/mol. The first-order valence-corrected chi connectivity index (χ1v) is 11.8. The number of amides is 2. The van der Waals surface area contributed by atoms with Gasteiger partial charge in [0.05, 0.1) is 30.5 Å². The van der Waals surface area contributed by atoms with Crippen LogP contribution in [0.3, 0.4) is 0 Å². The van der Waals surface area contributed by atoms with Gasteiger partial charge in [0.15, 0.2) is 11.5 Å². The summed E-state index contributed by atoms with van der Waals surface area (Å²) < 4.78 is 17.3. The van der Waals surface area contributed by atoms with Crippen LogP contribution in [0.4, 0.5) is 5.69 Å². The lowest BCUT2D eigenvalue weighted by molar-refractivity contribution is 0.0926. The first kappa shape index (κ1) is 22.9. The van der Waals surface area contributed by atoms with Crippen LogP contribution in [0.25, 0.3) is 0 Å². The average molecular weight is 473 g/mol. The SMILES string of the molecule is COc1cc(N2C(=O)c3ccc(Oc4ccc(C)cc4)cc3C2=O)ccc1OCCC1CCCN1. The number of methoxy groups -OCH3 is 1. The maximum atomic E-state index is 13.2. The van der Waals surface area contributed by atoms with Gasteiger partial charge in [0.2, 0.25) is 0 Å². The van der Waals surface area contributed by atoms with Crippen LogP contribution < -0.4 is 24.4 Å². The molecule has 3 aromatic rings. The minimum Gasteiger partial charge on any atom is -0.493 e. The molecule has 2 aliphatic heterocycles. The second kappa shape index (κ2) is 9.80. The van der Waals surface area contributed by atoms with Crippen LogP contribution in [0.15, 0.2) is 60.7 Å². The number of imide groups is 1. The summed E-state index contributed by atoms with van der Waals surface area (Å²) in [6, 6.07) is 18.2. The molecule has 3 aromatic carbocycles. The lowest BCUT2D eigenvalue weighted by atomic mass is 10.1. The summed E-state index contributed by atoms with van der Waals surface area (Å²) >= 11 is 0. The van der Waals surface area contributed by atoms with E-state index in [1.54, 1.807) is 43.5 Å². The Bertz CT molecular complexity index is 1250. The lowest BCUT2D eigenvalue weighted by Crippen LogP contribution is -2.29. The number of aryl methyl sites for hydroxylation is 1. The van der Waals surface area contributed by atoms with Crippen molar-refractivity contribution in [3.05, 3.63) is 77.4 Å². The number of rotatable bonds is 8. The fourth-order valence-electron chi connectivity index (χ4n) is 4.49. The molecule has 0 aromatic heterocycles. The van der Waals surface area contributed by atoms with Crippen LogP contribution in [0, 0.1) is 6.92 Å². The van der Waals surface area contributed by atoms with Crippen LogP contribution in [0.1, 0.15) is 45.5 Å². The Kier molecular flexibility index (Phi) is 6.42. The van der Waals surface area contributed by atoms with Crippen molar-refractivity contribution in [1.29, 1.82) is 0 Å². The quantitative estimate of drug-likeness (QED) is 0.459. The summed E-state index contributed by atoms with van der Waals surface area (Å²) in [5.41, 5.74) is 2.21. The van der Waals surface area contributed by atoms with Gasteiger partial charge in [-0.15, -0.1) is 0 Å². The van der Waals surface area contributed by atoms with Crippen molar-refractivity contribution in [2.75, 3.05) is 25.2 Å². The van der Waals surface area contributed by atoms with E-state index < -0.39 is 5.91 Å². The van der Waals surface area contributed by atoms with E-state index in [0.29, 0.717) is 52.5 Å². The molecule has 0 aliphatic carbocycles. The van der Waals surface area contributed by atoms with Crippen LogP contribution in [-0.2, 0) is 0 Å². The number of benzene rings is 3. The number of nitrogens with one attached hydrogen (secondary N) is 1. The zero-order chi connectivity index (χ0) is 24.4. The van der Waals surface area contributed by atoms with E-state index in [9.17, 15) is 9.59 Å². The van der Waals surface area contributed by atoms with Gasteiger partial charge in [0, 0.05) is 12.1 Å². The molecule has 1 N–H and O–H groups in total. The summed E-state index contributed by atoms with van der Waals surface area (Å²) in [5.74, 6) is 1.43. The molecule has 7 nitrogen and oxygen atoms in total. The molecule has 7 heteroatoms. The van der Waals surface area contributed by atoms with Gasteiger partial charge in [-0.2, -0.15) is 0 Å². The third-order valence-corrected chi connectivity index (χ3v) is 6.41. The number of carbonyl (C=O) groups is 2. The van der Waals surface area contributed by atoms with Crippen LogP contribution in [-0.4, -0.2) is 38.1 Å². The number of fused-ring (bicyclic) bond motifs is 1. The van der Waals surface area contributed by atoms with Crippen LogP contribution in [0.2, 0.25) is 0 Å². The fourth-order valence-corrected chi connectivity index (χ4v) is 4.49. The summed E-state index contributed by atoms with van der Waals surface area (Å²) in [6.45, 7) is 3.62. The van der Waals surface area contributed by atoms with Crippen LogP contribution >= 0.6 is 0 Å². The Balaban J connectivity index is 1.32. The number of hydrogen-bond donors (Lipinski definition) is 1. The highest BCUT2D eigenvalue weighted by Gasteiger charge is 2.37. The van der Waals surface area contributed by atoms with E-state index >= 15 is 0 Å². The van der Waals surface area contributed by atoms with Gasteiger partial charge >= 0.3 is 0 Å². The second-order valence-corrected chi connectivity index (χ2v) is 8.83. The maximum absolute atomic E-state index is 13.2. The number of hydrogen-bond acceptors (Lipinski definition) is 6. The Morgan fingerprint density at radius 3 is 2.43 bits per heavy atom. The van der Waals surface area contributed by atoms with Crippen molar-refractivity contribution in [2.45, 2.75) is 32.2 Å². The highest BCUT2D eigenvalue weighted by Crippen LogP contribution is 2.37.